The molecule has 18 heavy (non-hydrogen) atoms. The molecule has 2 unspecified atom stereocenters. The van der Waals surface area contributed by atoms with Crippen LogP contribution in [0.15, 0.2) is 23.1 Å². The highest BCUT2D eigenvalue weighted by Gasteiger charge is 2.23. The van der Waals surface area contributed by atoms with Gasteiger partial charge in [-0.15, -0.1) is 11.8 Å². The third-order valence-corrected chi connectivity index (χ3v) is 4.73. The molecule has 1 saturated carbocycles. The summed E-state index contributed by atoms with van der Waals surface area (Å²) in [7, 11) is 0. The average molecular weight is 268 g/mol. The number of aromatic carboxylic acids is 1. The van der Waals surface area contributed by atoms with E-state index < -0.39 is 11.8 Å². The molecule has 1 aromatic rings. The molecule has 0 spiro atoms. The highest BCUT2D eigenvalue weighted by molar-refractivity contribution is 8.00. The van der Waals surface area contributed by atoms with Crippen molar-refractivity contribution < 1.29 is 14.3 Å². The van der Waals surface area contributed by atoms with Crippen LogP contribution in [0.1, 0.15) is 43.0 Å². The second-order valence-corrected chi connectivity index (χ2v) is 6.27. The van der Waals surface area contributed by atoms with E-state index in [0.29, 0.717) is 16.1 Å². The maximum absolute atomic E-state index is 13.5. The Morgan fingerprint density at radius 2 is 2.22 bits per heavy atom. The molecular formula is C14H17FO2S. The van der Waals surface area contributed by atoms with Gasteiger partial charge in [-0.1, -0.05) is 25.8 Å². The summed E-state index contributed by atoms with van der Waals surface area (Å²) in [4.78, 5) is 11.7. The Morgan fingerprint density at radius 1 is 1.44 bits per heavy atom. The first-order chi connectivity index (χ1) is 8.58. The van der Waals surface area contributed by atoms with Gasteiger partial charge in [0.15, 0.2) is 0 Å². The van der Waals surface area contributed by atoms with Crippen molar-refractivity contribution in [1.82, 2.24) is 0 Å². The van der Waals surface area contributed by atoms with Crippen LogP contribution < -0.4 is 0 Å². The van der Waals surface area contributed by atoms with E-state index in [1.54, 1.807) is 12.1 Å². The van der Waals surface area contributed by atoms with Gasteiger partial charge in [-0.25, -0.2) is 9.18 Å². The summed E-state index contributed by atoms with van der Waals surface area (Å²) in [5, 5.41) is 9.49. The van der Waals surface area contributed by atoms with Gasteiger partial charge in [0.2, 0.25) is 0 Å². The van der Waals surface area contributed by atoms with E-state index in [2.05, 4.69) is 6.92 Å². The highest BCUT2D eigenvalue weighted by atomic mass is 32.2. The van der Waals surface area contributed by atoms with Gasteiger partial charge in [0, 0.05) is 10.1 Å². The lowest BCUT2D eigenvalue weighted by atomic mass is 9.91. The number of carboxylic acid groups (broad SMARTS) is 1. The third-order valence-electron chi connectivity index (χ3n) is 3.37. The molecule has 0 saturated heterocycles. The maximum atomic E-state index is 13.5. The Morgan fingerprint density at radius 3 is 2.89 bits per heavy atom. The minimum atomic E-state index is -1.18. The zero-order valence-electron chi connectivity index (χ0n) is 10.4. The average Bonchev–Trinajstić information content (AvgIpc) is 2.28. The van der Waals surface area contributed by atoms with E-state index in [1.165, 1.54) is 30.7 Å². The second kappa shape index (κ2) is 5.74. The molecule has 0 amide bonds. The quantitative estimate of drug-likeness (QED) is 0.893. The molecular weight excluding hydrogens is 251 g/mol. The van der Waals surface area contributed by atoms with E-state index in [0.717, 1.165) is 12.8 Å². The molecule has 0 heterocycles. The molecule has 0 radical (unpaired) electrons. The van der Waals surface area contributed by atoms with Gasteiger partial charge in [0.1, 0.15) is 11.4 Å². The molecule has 2 atom stereocenters. The summed E-state index contributed by atoms with van der Waals surface area (Å²) in [6, 6.07) is 4.49. The van der Waals surface area contributed by atoms with Crippen LogP contribution in [0.4, 0.5) is 4.39 Å². The van der Waals surface area contributed by atoms with Crippen LogP contribution in [-0.4, -0.2) is 16.3 Å². The first kappa shape index (κ1) is 13.4. The smallest absolute Gasteiger partial charge is 0.339 e. The van der Waals surface area contributed by atoms with Crippen molar-refractivity contribution in [3.8, 4) is 0 Å². The van der Waals surface area contributed by atoms with Crippen molar-refractivity contribution >= 4 is 17.7 Å². The van der Waals surface area contributed by atoms with Gasteiger partial charge in [-0.3, -0.25) is 0 Å². The molecule has 1 N–H and O–H groups in total. The van der Waals surface area contributed by atoms with E-state index in [4.69, 9.17) is 5.11 Å². The lowest BCUT2D eigenvalue weighted by Gasteiger charge is -2.26. The number of carbonyl (C=O) groups is 1. The zero-order chi connectivity index (χ0) is 13.1. The predicted octanol–water partition coefficient (Wildman–Crippen LogP) is 4.19. The topological polar surface area (TPSA) is 37.3 Å². The van der Waals surface area contributed by atoms with E-state index >= 15 is 0 Å². The monoisotopic (exact) mass is 268 g/mol. The number of halogens is 1. The number of rotatable bonds is 3. The Balaban J connectivity index is 2.18. The van der Waals surface area contributed by atoms with Gasteiger partial charge in [0.25, 0.3) is 0 Å². The summed E-state index contributed by atoms with van der Waals surface area (Å²) in [6.07, 6.45) is 4.59. The fraction of sp³-hybridized carbons (Fsp3) is 0.500. The van der Waals surface area contributed by atoms with Gasteiger partial charge >= 0.3 is 5.97 Å². The summed E-state index contributed by atoms with van der Waals surface area (Å²) in [6.45, 7) is 2.22. The zero-order valence-corrected chi connectivity index (χ0v) is 11.2. The van der Waals surface area contributed by atoms with E-state index in [-0.39, 0.29) is 5.56 Å². The van der Waals surface area contributed by atoms with Crippen LogP contribution in [0.5, 0.6) is 0 Å². The molecule has 1 aliphatic rings. The van der Waals surface area contributed by atoms with Gasteiger partial charge < -0.3 is 5.11 Å². The van der Waals surface area contributed by atoms with Crippen molar-refractivity contribution in [1.29, 1.82) is 0 Å². The second-order valence-electron chi connectivity index (χ2n) is 4.93. The Bertz CT molecular complexity index is 447. The summed E-state index contributed by atoms with van der Waals surface area (Å²) < 4.78 is 13.5. The molecule has 4 heteroatoms. The molecule has 1 aromatic carbocycles. The maximum Gasteiger partial charge on any atom is 0.339 e. The normalized spacial score (nSPS) is 23.9. The SMILES string of the molecule is CC1CCCC(Sc2cccc(F)c2C(=O)O)C1. The van der Waals surface area contributed by atoms with Crippen molar-refractivity contribution in [2.45, 2.75) is 42.8 Å². The minimum absolute atomic E-state index is 0.180. The number of hydrogen-bond acceptors (Lipinski definition) is 2. The number of hydrogen-bond donors (Lipinski definition) is 1. The largest absolute Gasteiger partial charge is 0.478 e. The van der Waals surface area contributed by atoms with Crippen molar-refractivity contribution in [3.63, 3.8) is 0 Å². The van der Waals surface area contributed by atoms with Crippen LogP contribution >= 0.6 is 11.8 Å². The first-order valence-electron chi connectivity index (χ1n) is 6.26. The Hall–Kier alpha value is -1.03. The standard InChI is InChI=1S/C14H17FO2S/c1-9-4-2-5-10(8-9)18-12-7-3-6-11(15)13(12)14(16)17/h3,6-7,9-10H,2,4-5,8H2,1H3,(H,16,17). The Kier molecular flexibility index (Phi) is 4.27. The predicted molar refractivity (Wildman–Crippen MR) is 70.6 cm³/mol. The third kappa shape index (κ3) is 3.05. The van der Waals surface area contributed by atoms with Crippen molar-refractivity contribution in [2.24, 2.45) is 5.92 Å². The minimum Gasteiger partial charge on any atom is -0.478 e. The molecule has 0 bridgehead atoms. The van der Waals surface area contributed by atoms with Crippen LogP contribution in [-0.2, 0) is 0 Å². The lowest BCUT2D eigenvalue weighted by molar-refractivity contribution is 0.0688. The molecule has 2 nitrogen and oxygen atoms in total. The van der Waals surface area contributed by atoms with E-state index in [9.17, 15) is 9.18 Å². The fourth-order valence-electron chi connectivity index (χ4n) is 2.48. The summed E-state index contributed by atoms with van der Waals surface area (Å²) in [5.74, 6) is -1.14. The molecule has 1 aliphatic carbocycles. The molecule has 1 fully saturated rings. The summed E-state index contributed by atoms with van der Waals surface area (Å²) >= 11 is 1.52. The van der Waals surface area contributed by atoms with Crippen LogP contribution in [0.25, 0.3) is 0 Å². The first-order valence-corrected chi connectivity index (χ1v) is 7.14. The molecule has 0 aromatic heterocycles. The fourth-order valence-corrected chi connectivity index (χ4v) is 4.00. The molecule has 2 rings (SSSR count). The Labute approximate surface area is 111 Å². The van der Waals surface area contributed by atoms with Gasteiger partial charge in [-0.2, -0.15) is 0 Å². The number of benzene rings is 1. The lowest BCUT2D eigenvalue weighted by Crippen LogP contribution is -2.15. The highest BCUT2D eigenvalue weighted by Crippen LogP contribution is 2.37. The van der Waals surface area contributed by atoms with Gasteiger partial charge in [0.05, 0.1) is 0 Å². The van der Waals surface area contributed by atoms with Gasteiger partial charge in [-0.05, 0) is 30.9 Å². The summed E-state index contributed by atoms with van der Waals surface area (Å²) in [5.41, 5.74) is -0.180. The van der Waals surface area contributed by atoms with E-state index in [1.807, 2.05) is 0 Å². The number of carboxylic acids is 1. The number of thioether (sulfide) groups is 1. The van der Waals surface area contributed by atoms with Crippen molar-refractivity contribution in [2.75, 3.05) is 0 Å². The molecule has 98 valence electrons. The van der Waals surface area contributed by atoms with Crippen LogP contribution in [0.3, 0.4) is 0 Å². The molecule has 0 aliphatic heterocycles. The van der Waals surface area contributed by atoms with Crippen LogP contribution in [0.2, 0.25) is 0 Å². The van der Waals surface area contributed by atoms with Crippen molar-refractivity contribution in [3.05, 3.63) is 29.6 Å². The van der Waals surface area contributed by atoms with Crippen LogP contribution in [0, 0.1) is 11.7 Å².